The molecule has 3 aromatic rings. The van der Waals surface area contributed by atoms with Crippen molar-refractivity contribution >= 4 is 29.1 Å². The van der Waals surface area contributed by atoms with Gasteiger partial charge < -0.3 is 19.9 Å². The Kier molecular flexibility index (Phi) is 6.60. The topological polar surface area (TPSA) is 97.4 Å². The van der Waals surface area contributed by atoms with E-state index in [4.69, 9.17) is 9.47 Å². The zero-order chi connectivity index (χ0) is 23.4. The fourth-order valence-electron chi connectivity index (χ4n) is 3.17. The van der Waals surface area contributed by atoms with Crippen molar-refractivity contribution in [2.75, 3.05) is 25.1 Å². The van der Waals surface area contributed by atoms with Crippen LogP contribution in [0.3, 0.4) is 0 Å². The van der Waals surface area contributed by atoms with Gasteiger partial charge in [0.15, 0.2) is 6.61 Å². The molecule has 0 atom stereocenters. The van der Waals surface area contributed by atoms with Gasteiger partial charge in [0.25, 0.3) is 5.91 Å². The lowest BCUT2D eigenvalue weighted by atomic mass is 10.1. The first-order chi connectivity index (χ1) is 15.9. The van der Waals surface area contributed by atoms with E-state index in [9.17, 15) is 9.90 Å². The minimum atomic E-state index is -0.195. The van der Waals surface area contributed by atoms with Crippen molar-refractivity contribution in [3.8, 4) is 28.5 Å². The summed E-state index contributed by atoms with van der Waals surface area (Å²) in [5.74, 6) is 1.08. The number of carbonyl (C=O) groups excluding carboxylic acids is 1. The van der Waals surface area contributed by atoms with E-state index in [2.05, 4.69) is 22.0 Å². The number of carbonyl (C=O) groups is 1. The van der Waals surface area contributed by atoms with Gasteiger partial charge in [-0.25, -0.2) is 4.68 Å². The van der Waals surface area contributed by atoms with Crippen LogP contribution in [0.15, 0.2) is 64.0 Å². The fraction of sp³-hybridized carbons (Fsp3) is 0.208. The second-order valence-electron chi connectivity index (χ2n) is 7.43. The fourth-order valence-corrected chi connectivity index (χ4v) is 4.01. The van der Waals surface area contributed by atoms with E-state index in [1.165, 1.54) is 11.3 Å². The van der Waals surface area contributed by atoms with Gasteiger partial charge in [-0.3, -0.25) is 9.79 Å². The van der Waals surface area contributed by atoms with E-state index in [1.807, 2.05) is 37.4 Å². The van der Waals surface area contributed by atoms with Crippen molar-refractivity contribution in [1.82, 2.24) is 4.68 Å². The van der Waals surface area contributed by atoms with E-state index in [0.717, 1.165) is 16.8 Å². The van der Waals surface area contributed by atoms with Crippen LogP contribution in [0.25, 0.3) is 11.3 Å². The largest absolute Gasteiger partial charge is 0.507 e. The van der Waals surface area contributed by atoms with Crippen molar-refractivity contribution in [3.63, 3.8) is 0 Å². The van der Waals surface area contributed by atoms with Gasteiger partial charge in [0.2, 0.25) is 4.80 Å². The highest BCUT2D eigenvalue weighted by atomic mass is 32.1. The Morgan fingerprint density at radius 2 is 2.21 bits per heavy atom. The summed E-state index contributed by atoms with van der Waals surface area (Å²) in [5.41, 5.74) is 3.69. The third-order valence-electron chi connectivity index (χ3n) is 4.70. The number of amides is 1. The smallest absolute Gasteiger partial charge is 0.262 e. The second-order valence-corrected chi connectivity index (χ2v) is 8.27. The molecule has 0 fully saturated rings. The lowest BCUT2D eigenvalue weighted by molar-refractivity contribution is -0.118. The normalized spacial score (nSPS) is 13.5. The number of fused-ring (bicyclic) bond motifs is 1. The van der Waals surface area contributed by atoms with Crippen molar-refractivity contribution in [2.45, 2.75) is 13.8 Å². The molecule has 0 saturated carbocycles. The summed E-state index contributed by atoms with van der Waals surface area (Å²) in [6.07, 6.45) is 1.57. The minimum absolute atomic E-state index is 0.00457. The summed E-state index contributed by atoms with van der Waals surface area (Å²) < 4.78 is 12.6. The van der Waals surface area contributed by atoms with Crippen LogP contribution < -0.4 is 19.6 Å². The number of ether oxygens (including phenoxy) is 2. The van der Waals surface area contributed by atoms with E-state index in [0.29, 0.717) is 40.7 Å². The number of nitrogens with one attached hydrogen (secondary N) is 1. The molecule has 0 aliphatic carbocycles. The van der Waals surface area contributed by atoms with E-state index < -0.39 is 0 Å². The number of nitrogens with zero attached hydrogens (tertiary/aromatic N) is 3. The maximum atomic E-state index is 11.7. The van der Waals surface area contributed by atoms with Gasteiger partial charge >= 0.3 is 0 Å². The molecule has 170 valence electrons. The average Bonchev–Trinajstić information content (AvgIpc) is 3.19. The number of benzene rings is 2. The van der Waals surface area contributed by atoms with E-state index in [-0.39, 0.29) is 18.3 Å². The number of aromatic nitrogens is 1. The molecule has 1 aliphatic rings. The first-order valence-electron chi connectivity index (χ1n) is 10.4. The number of phenols is 1. The highest BCUT2D eigenvalue weighted by Crippen LogP contribution is 2.33. The Morgan fingerprint density at radius 3 is 2.97 bits per heavy atom. The minimum Gasteiger partial charge on any atom is -0.507 e. The van der Waals surface area contributed by atoms with E-state index in [1.54, 1.807) is 29.1 Å². The molecule has 33 heavy (non-hydrogen) atoms. The predicted octanol–water partition coefficient (Wildman–Crippen LogP) is 4.01. The zero-order valence-electron chi connectivity index (χ0n) is 18.4. The predicted molar refractivity (Wildman–Crippen MR) is 129 cm³/mol. The Bertz CT molecular complexity index is 1310. The maximum Gasteiger partial charge on any atom is 0.262 e. The van der Waals surface area contributed by atoms with Crippen LogP contribution in [-0.2, 0) is 4.79 Å². The number of aromatic hydroxyl groups is 1. The molecule has 0 saturated heterocycles. The molecule has 0 unspecified atom stereocenters. The van der Waals surface area contributed by atoms with Crippen LogP contribution in [-0.4, -0.2) is 41.7 Å². The van der Waals surface area contributed by atoms with Crippen LogP contribution in [0.1, 0.15) is 19.4 Å². The monoisotopic (exact) mass is 464 g/mol. The second kappa shape index (κ2) is 9.74. The zero-order valence-corrected chi connectivity index (χ0v) is 19.2. The Labute approximate surface area is 195 Å². The summed E-state index contributed by atoms with van der Waals surface area (Å²) in [6, 6.07) is 10.6. The number of hydrogen-bond acceptors (Lipinski definition) is 7. The Hall–Kier alpha value is -3.85. The van der Waals surface area contributed by atoms with Crippen LogP contribution in [0.4, 0.5) is 5.69 Å². The third-order valence-corrected chi connectivity index (χ3v) is 5.56. The summed E-state index contributed by atoms with van der Waals surface area (Å²) in [4.78, 5) is 17.0. The summed E-state index contributed by atoms with van der Waals surface area (Å²) in [5, 5.41) is 19.8. The van der Waals surface area contributed by atoms with Crippen LogP contribution >= 0.6 is 11.3 Å². The molecule has 0 radical (unpaired) electrons. The molecule has 2 aromatic carbocycles. The molecular weight excluding hydrogens is 440 g/mol. The highest BCUT2D eigenvalue weighted by Gasteiger charge is 2.18. The van der Waals surface area contributed by atoms with Gasteiger partial charge in [-0.15, -0.1) is 11.3 Å². The van der Waals surface area contributed by atoms with Gasteiger partial charge in [0, 0.05) is 22.6 Å². The first-order valence-corrected chi connectivity index (χ1v) is 11.2. The van der Waals surface area contributed by atoms with Crippen LogP contribution in [0.5, 0.6) is 17.2 Å². The molecule has 2 heterocycles. The molecule has 2 N–H and O–H groups in total. The van der Waals surface area contributed by atoms with E-state index >= 15 is 0 Å². The lowest BCUT2D eigenvalue weighted by Gasteiger charge is -2.18. The van der Waals surface area contributed by atoms with Gasteiger partial charge in [-0.2, -0.15) is 5.10 Å². The first kappa shape index (κ1) is 22.3. The number of thiazole rings is 1. The van der Waals surface area contributed by atoms with Gasteiger partial charge in [0.1, 0.15) is 17.2 Å². The number of phenolic OH excluding ortho intramolecular Hbond substituents is 1. The van der Waals surface area contributed by atoms with Crippen molar-refractivity contribution in [2.24, 2.45) is 10.1 Å². The number of rotatable bonds is 7. The molecule has 9 heteroatoms. The molecule has 1 aromatic heterocycles. The molecule has 8 nitrogen and oxygen atoms in total. The van der Waals surface area contributed by atoms with Crippen LogP contribution in [0.2, 0.25) is 0 Å². The lowest BCUT2D eigenvalue weighted by Crippen LogP contribution is -2.25. The molecule has 1 amide bonds. The summed E-state index contributed by atoms with van der Waals surface area (Å²) in [7, 11) is 0. The standard InChI is InChI=1S/C24H24N4O4S/c1-4-31-18-7-5-17(21(29)10-18)12-26-28-20(14-33-24(28)25-11-15(2)3)16-6-8-22-19(9-16)27-23(30)13-32-22/h5-10,12,14,29H,2,4,11,13H2,1,3H3,(H,27,30)/b25-24?,26-12-. The highest BCUT2D eigenvalue weighted by molar-refractivity contribution is 7.07. The van der Waals surface area contributed by atoms with Gasteiger partial charge in [-0.1, -0.05) is 12.2 Å². The average molecular weight is 465 g/mol. The van der Waals surface area contributed by atoms with Crippen molar-refractivity contribution in [1.29, 1.82) is 0 Å². The van der Waals surface area contributed by atoms with Crippen LogP contribution in [0, 0.1) is 0 Å². The molecule has 4 rings (SSSR count). The Balaban J connectivity index is 1.75. The summed E-state index contributed by atoms with van der Waals surface area (Å²) >= 11 is 1.44. The van der Waals surface area contributed by atoms with Gasteiger partial charge in [-0.05, 0) is 44.2 Å². The molecule has 0 spiro atoms. The van der Waals surface area contributed by atoms with Crippen molar-refractivity contribution < 1.29 is 19.4 Å². The molecule has 1 aliphatic heterocycles. The summed E-state index contributed by atoms with van der Waals surface area (Å²) in [6.45, 7) is 8.70. The SMILES string of the molecule is C=C(C)CN=c1scc(-c2ccc3c(c2)NC(=O)CO3)n1/N=C\c1ccc(OCC)cc1O. The van der Waals surface area contributed by atoms with Crippen molar-refractivity contribution in [3.05, 3.63) is 64.3 Å². The Morgan fingerprint density at radius 1 is 1.36 bits per heavy atom. The quantitative estimate of drug-likeness (QED) is 0.408. The maximum absolute atomic E-state index is 11.7. The molecule has 0 bridgehead atoms. The number of anilines is 1. The molecular formula is C24H24N4O4S. The third kappa shape index (κ3) is 5.15. The number of hydrogen-bond donors (Lipinski definition) is 2. The van der Waals surface area contributed by atoms with Gasteiger partial charge in [0.05, 0.1) is 30.7 Å².